The van der Waals surface area contributed by atoms with E-state index in [1.165, 1.54) is 37.0 Å². The van der Waals surface area contributed by atoms with Crippen LogP contribution in [-0.4, -0.2) is 62.1 Å². The van der Waals surface area contributed by atoms with E-state index in [1.807, 2.05) is 0 Å². The number of alkyl halides is 3. The van der Waals surface area contributed by atoms with Gasteiger partial charge in [-0.15, -0.1) is 0 Å². The molecule has 1 aliphatic heterocycles. The first-order chi connectivity index (χ1) is 16.1. The SMILES string of the molecule is CN(CC1CCC(CCCCCN2CCC(O)CC2)CC1)S(=O)(=O)c1ccc(C(F)(F)F)cc1. The summed E-state index contributed by atoms with van der Waals surface area (Å²) in [6.45, 7) is 3.54. The molecule has 1 heterocycles. The van der Waals surface area contributed by atoms with Crippen LogP contribution in [0.15, 0.2) is 29.2 Å². The number of benzene rings is 1. The van der Waals surface area contributed by atoms with E-state index < -0.39 is 21.8 Å². The molecule has 0 aromatic heterocycles. The standard InChI is InChI=1S/C25H39F3N2O3S/c1-29(34(32,33)24-12-10-22(11-13-24)25(26,27)28)19-21-8-6-20(7-9-21)5-3-2-4-16-30-17-14-23(31)15-18-30/h10-13,20-21,23,31H,2-9,14-19H2,1H3. The molecule has 0 radical (unpaired) electrons. The third-order valence-electron chi connectivity index (χ3n) is 7.52. The van der Waals surface area contributed by atoms with Gasteiger partial charge >= 0.3 is 6.18 Å². The molecular formula is C25H39F3N2O3S. The average Bonchev–Trinajstić information content (AvgIpc) is 2.80. The topological polar surface area (TPSA) is 60.9 Å². The van der Waals surface area contributed by atoms with Crippen molar-refractivity contribution in [3.05, 3.63) is 29.8 Å². The first-order valence-electron chi connectivity index (χ1n) is 12.6. The minimum Gasteiger partial charge on any atom is -0.393 e. The minimum absolute atomic E-state index is 0.0996. The second-order valence-electron chi connectivity index (χ2n) is 10.1. The first-order valence-corrected chi connectivity index (χ1v) is 14.0. The Labute approximate surface area is 202 Å². The van der Waals surface area contributed by atoms with E-state index in [-0.39, 0.29) is 11.0 Å². The molecule has 9 heteroatoms. The molecule has 1 saturated carbocycles. The number of likely N-dealkylation sites (tertiary alicyclic amines) is 1. The maximum absolute atomic E-state index is 12.8. The quantitative estimate of drug-likeness (QED) is 0.448. The molecule has 1 aromatic rings. The third kappa shape index (κ3) is 7.93. The number of aliphatic hydroxyl groups excluding tert-OH is 1. The van der Waals surface area contributed by atoms with Gasteiger partial charge < -0.3 is 10.0 Å². The van der Waals surface area contributed by atoms with Crippen LogP contribution in [0.2, 0.25) is 0 Å². The monoisotopic (exact) mass is 504 g/mol. The van der Waals surface area contributed by atoms with E-state index >= 15 is 0 Å². The summed E-state index contributed by atoms with van der Waals surface area (Å²) in [6.07, 6.45) is 6.30. The van der Waals surface area contributed by atoms with Crippen LogP contribution in [0.3, 0.4) is 0 Å². The Bertz CT molecular complexity index is 845. The fourth-order valence-electron chi connectivity index (χ4n) is 5.25. The van der Waals surface area contributed by atoms with Gasteiger partial charge in [0.05, 0.1) is 16.6 Å². The molecule has 1 aliphatic carbocycles. The second-order valence-corrected chi connectivity index (χ2v) is 12.2. The van der Waals surface area contributed by atoms with Gasteiger partial charge in [-0.25, -0.2) is 12.7 Å². The van der Waals surface area contributed by atoms with Gasteiger partial charge in [0.1, 0.15) is 0 Å². The Morgan fingerprint density at radius 2 is 1.53 bits per heavy atom. The van der Waals surface area contributed by atoms with Gasteiger partial charge in [-0.1, -0.05) is 32.1 Å². The Morgan fingerprint density at radius 3 is 2.12 bits per heavy atom. The largest absolute Gasteiger partial charge is 0.416 e. The summed E-state index contributed by atoms with van der Waals surface area (Å²) in [5, 5.41) is 9.58. The molecule has 0 unspecified atom stereocenters. The van der Waals surface area contributed by atoms with Crippen molar-refractivity contribution in [1.82, 2.24) is 9.21 Å². The van der Waals surface area contributed by atoms with Crippen LogP contribution in [-0.2, 0) is 16.2 Å². The summed E-state index contributed by atoms with van der Waals surface area (Å²) >= 11 is 0. The van der Waals surface area contributed by atoms with Crippen LogP contribution in [0.5, 0.6) is 0 Å². The van der Waals surface area contributed by atoms with Crippen LogP contribution < -0.4 is 0 Å². The molecule has 5 nitrogen and oxygen atoms in total. The summed E-state index contributed by atoms with van der Waals surface area (Å²) in [5.74, 6) is 0.998. The van der Waals surface area contributed by atoms with E-state index in [9.17, 15) is 26.7 Å². The van der Waals surface area contributed by atoms with Crippen LogP contribution in [0.4, 0.5) is 13.2 Å². The van der Waals surface area contributed by atoms with Crippen molar-refractivity contribution in [3.63, 3.8) is 0 Å². The van der Waals surface area contributed by atoms with Crippen molar-refractivity contribution in [2.75, 3.05) is 33.2 Å². The van der Waals surface area contributed by atoms with Crippen molar-refractivity contribution >= 4 is 10.0 Å². The molecule has 3 rings (SSSR count). The molecule has 1 aromatic carbocycles. The number of nitrogens with zero attached hydrogens (tertiary/aromatic N) is 2. The number of hydrogen-bond donors (Lipinski definition) is 1. The normalized spacial score (nSPS) is 23.5. The highest BCUT2D eigenvalue weighted by atomic mass is 32.2. The van der Waals surface area contributed by atoms with Gasteiger partial charge in [0.15, 0.2) is 0 Å². The Hall–Kier alpha value is -1.16. The van der Waals surface area contributed by atoms with Crippen molar-refractivity contribution in [3.8, 4) is 0 Å². The summed E-state index contributed by atoms with van der Waals surface area (Å²) in [5.41, 5.74) is -0.848. The lowest BCUT2D eigenvalue weighted by Crippen LogP contribution is -2.36. The van der Waals surface area contributed by atoms with Crippen molar-refractivity contribution in [2.45, 2.75) is 81.4 Å². The highest BCUT2D eigenvalue weighted by Crippen LogP contribution is 2.34. The summed E-state index contributed by atoms with van der Waals surface area (Å²) in [6, 6.07) is 3.73. The van der Waals surface area contributed by atoms with E-state index in [1.54, 1.807) is 0 Å². The van der Waals surface area contributed by atoms with E-state index in [4.69, 9.17) is 0 Å². The molecule has 0 amide bonds. The highest BCUT2D eigenvalue weighted by molar-refractivity contribution is 7.89. The molecule has 2 aliphatic rings. The molecule has 0 bridgehead atoms. The maximum Gasteiger partial charge on any atom is 0.416 e. The Kier molecular flexibility index (Phi) is 9.83. The molecular weight excluding hydrogens is 465 g/mol. The summed E-state index contributed by atoms with van der Waals surface area (Å²) in [4.78, 5) is 2.35. The average molecular weight is 505 g/mol. The van der Waals surface area contributed by atoms with Gasteiger partial charge in [0.2, 0.25) is 10.0 Å². The van der Waals surface area contributed by atoms with Gasteiger partial charge in [0.25, 0.3) is 0 Å². The number of piperidine rings is 1. The van der Waals surface area contributed by atoms with Crippen molar-refractivity contribution < 1.29 is 26.7 Å². The van der Waals surface area contributed by atoms with Crippen LogP contribution in [0, 0.1) is 11.8 Å². The molecule has 34 heavy (non-hydrogen) atoms. The molecule has 0 atom stereocenters. The lowest BCUT2D eigenvalue weighted by atomic mass is 9.80. The van der Waals surface area contributed by atoms with Gasteiger partial charge in [-0.3, -0.25) is 0 Å². The third-order valence-corrected chi connectivity index (χ3v) is 9.35. The number of aliphatic hydroxyl groups is 1. The lowest BCUT2D eigenvalue weighted by Gasteiger charge is -2.31. The number of sulfonamides is 1. The predicted molar refractivity (Wildman–Crippen MR) is 127 cm³/mol. The van der Waals surface area contributed by atoms with E-state index in [0.717, 1.165) is 82.4 Å². The zero-order chi connectivity index (χ0) is 24.8. The first kappa shape index (κ1) is 27.4. The Morgan fingerprint density at radius 1 is 0.941 bits per heavy atom. The summed E-state index contributed by atoms with van der Waals surface area (Å²) < 4.78 is 65.1. The Balaban J connectivity index is 1.34. The smallest absolute Gasteiger partial charge is 0.393 e. The number of unbranched alkanes of at least 4 members (excludes halogenated alkanes) is 2. The second kappa shape index (κ2) is 12.2. The highest BCUT2D eigenvalue weighted by Gasteiger charge is 2.32. The molecule has 1 N–H and O–H groups in total. The molecule has 2 fully saturated rings. The van der Waals surface area contributed by atoms with Crippen LogP contribution in [0.25, 0.3) is 0 Å². The van der Waals surface area contributed by atoms with Gasteiger partial charge in [-0.2, -0.15) is 13.2 Å². The fraction of sp³-hybridized carbons (Fsp3) is 0.760. The maximum atomic E-state index is 12.8. The molecule has 1 saturated heterocycles. The predicted octanol–water partition coefficient (Wildman–Crippen LogP) is 5.15. The zero-order valence-electron chi connectivity index (χ0n) is 20.1. The number of halogens is 3. The number of rotatable bonds is 10. The van der Waals surface area contributed by atoms with Crippen molar-refractivity contribution in [2.24, 2.45) is 11.8 Å². The zero-order valence-corrected chi connectivity index (χ0v) is 21.0. The molecule has 0 spiro atoms. The van der Waals surface area contributed by atoms with Gasteiger partial charge in [-0.05, 0) is 74.8 Å². The van der Waals surface area contributed by atoms with Crippen LogP contribution >= 0.6 is 0 Å². The van der Waals surface area contributed by atoms with Crippen molar-refractivity contribution in [1.29, 1.82) is 0 Å². The van der Waals surface area contributed by atoms with E-state index in [0.29, 0.717) is 18.4 Å². The lowest BCUT2D eigenvalue weighted by molar-refractivity contribution is -0.137. The fourth-order valence-corrected chi connectivity index (χ4v) is 6.50. The van der Waals surface area contributed by atoms with Gasteiger partial charge in [0, 0.05) is 26.7 Å². The number of hydrogen-bond acceptors (Lipinski definition) is 4. The molecule has 194 valence electrons. The van der Waals surface area contributed by atoms with E-state index in [2.05, 4.69) is 4.90 Å². The summed E-state index contributed by atoms with van der Waals surface area (Å²) in [7, 11) is -2.28. The van der Waals surface area contributed by atoms with Crippen LogP contribution in [0.1, 0.15) is 69.8 Å². The minimum atomic E-state index is -4.48.